The van der Waals surface area contributed by atoms with Gasteiger partial charge in [0.25, 0.3) is 11.8 Å². The lowest BCUT2D eigenvalue weighted by molar-refractivity contribution is 0.0849. The first kappa shape index (κ1) is 15.9. The van der Waals surface area contributed by atoms with Gasteiger partial charge in [0.2, 0.25) is 0 Å². The Hall–Kier alpha value is -2.47. The maximum atomic E-state index is 11.9. The van der Waals surface area contributed by atoms with Gasteiger partial charge in [-0.3, -0.25) is 25.2 Å². The molecule has 0 saturated heterocycles. The molecule has 2 amide bonds. The predicted molar refractivity (Wildman–Crippen MR) is 85.1 cm³/mol. The molecule has 0 aliphatic heterocycles. The number of hydrazine groups is 1. The Kier molecular flexibility index (Phi) is 5.06. The number of carbonyl (C=O) groups is 3. The molecule has 1 heterocycles. The van der Waals surface area contributed by atoms with Gasteiger partial charge in [-0.1, -0.05) is 19.1 Å². The van der Waals surface area contributed by atoms with Gasteiger partial charge in [0.05, 0.1) is 9.75 Å². The Bertz CT molecular complexity index is 704. The average molecular weight is 316 g/mol. The molecule has 6 heteroatoms. The van der Waals surface area contributed by atoms with Gasteiger partial charge < -0.3 is 0 Å². The first-order valence-corrected chi connectivity index (χ1v) is 7.63. The van der Waals surface area contributed by atoms with Crippen LogP contribution < -0.4 is 10.9 Å². The number of Topliss-reactive ketones (excluding diaryl/α,β-unsaturated/α-hetero) is 1. The van der Waals surface area contributed by atoms with E-state index in [0.29, 0.717) is 15.3 Å². The van der Waals surface area contributed by atoms with Crippen molar-refractivity contribution in [2.24, 2.45) is 0 Å². The Balaban J connectivity index is 1.94. The maximum absolute atomic E-state index is 11.9. The molecule has 0 bridgehead atoms. The van der Waals surface area contributed by atoms with Crippen LogP contribution in [0.5, 0.6) is 0 Å². The number of hydrogen-bond donors (Lipinski definition) is 2. The number of aryl methyl sites for hydroxylation is 1. The van der Waals surface area contributed by atoms with Gasteiger partial charge in [0, 0.05) is 5.56 Å². The van der Waals surface area contributed by atoms with E-state index >= 15 is 0 Å². The van der Waals surface area contributed by atoms with E-state index < -0.39 is 5.91 Å². The Morgan fingerprint density at radius 2 is 1.50 bits per heavy atom. The lowest BCUT2D eigenvalue weighted by Gasteiger charge is -2.06. The minimum Gasteiger partial charge on any atom is -0.294 e. The largest absolute Gasteiger partial charge is 0.294 e. The van der Waals surface area contributed by atoms with E-state index in [9.17, 15) is 14.4 Å². The maximum Gasteiger partial charge on any atom is 0.279 e. The van der Waals surface area contributed by atoms with Crippen LogP contribution in [0.3, 0.4) is 0 Å². The normalized spacial score (nSPS) is 10.1. The summed E-state index contributed by atoms with van der Waals surface area (Å²) in [7, 11) is 0. The van der Waals surface area contributed by atoms with Gasteiger partial charge >= 0.3 is 0 Å². The fraction of sp³-hybridized carbons (Fsp3) is 0.188. The summed E-state index contributed by atoms with van der Waals surface area (Å²) in [5, 5.41) is 0. The van der Waals surface area contributed by atoms with Crippen LogP contribution in [-0.2, 0) is 6.42 Å². The zero-order chi connectivity index (χ0) is 16.1. The molecule has 1 aromatic carbocycles. The third-order valence-corrected chi connectivity index (χ3v) is 4.28. The quantitative estimate of drug-likeness (QED) is 0.672. The lowest BCUT2D eigenvalue weighted by Crippen LogP contribution is -2.41. The van der Waals surface area contributed by atoms with E-state index in [1.165, 1.54) is 6.92 Å². The molecule has 0 unspecified atom stereocenters. The number of hydrogen-bond acceptors (Lipinski definition) is 4. The second-order valence-corrected chi connectivity index (χ2v) is 5.76. The van der Waals surface area contributed by atoms with Crippen molar-refractivity contribution in [3.05, 3.63) is 57.3 Å². The summed E-state index contributed by atoms with van der Waals surface area (Å²) in [6, 6.07) is 10.3. The van der Waals surface area contributed by atoms with Crippen LogP contribution in [0.25, 0.3) is 0 Å². The molecule has 0 spiro atoms. The molecule has 22 heavy (non-hydrogen) atoms. The highest BCUT2D eigenvalue weighted by atomic mass is 32.1. The highest BCUT2D eigenvalue weighted by Gasteiger charge is 2.12. The number of nitrogens with one attached hydrogen (secondary N) is 2. The van der Waals surface area contributed by atoms with Crippen LogP contribution in [0.1, 0.15) is 49.1 Å². The molecule has 114 valence electrons. The lowest BCUT2D eigenvalue weighted by atomic mass is 10.1. The smallest absolute Gasteiger partial charge is 0.279 e. The molecular weight excluding hydrogens is 300 g/mol. The Labute approximate surface area is 132 Å². The van der Waals surface area contributed by atoms with Crippen LogP contribution >= 0.6 is 11.3 Å². The van der Waals surface area contributed by atoms with Crippen molar-refractivity contribution in [3.8, 4) is 0 Å². The SMILES string of the molecule is CCc1ccc(C(=O)NNC(=O)c2ccc(C(C)=O)s2)cc1. The molecule has 2 rings (SSSR count). The summed E-state index contributed by atoms with van der Waals surface area (Å²) >= 11 is 1.09. The molecule has 0 radical (unpaired) electrons. The van der Waals surface area contributed by atoms with E-state index in [-0.39, 0.29) is 11.7 Å². The van der Waals surface area contributed by atoms with Gasteiger partial charge in [-0.05, 0) is 43.2 Å². The molecular formula is C16H16N2O3S. The summed E-state index contributed by atoms with van der Waals surface area (Å²) in [6.07, 6.45) is 0.898. The summed E-state index contributed by atoms with van der Waals surface area (Å²) < 4.78 is 0. The number of thiophene rings is 1. The van der Waals surface area contributed by atoms with Crippen LogP contribution in [0.2, 0.25) is 0 Å². The fourth-order valence-corrected chi connectivity index (χ4v) is 2.58. The molecule has 0 aliphatic carbocycles. The van der Waals surface area contributed by atoms with Crippen molar-refractivity contribution >= 4 is 28.9 Å². The molecule has 5 nitrogen and oxygen atoms in total. The number of rotatable bonds is 4. The van der Waals surface area contributed by atoms with Gasteiger partial charge in [-0.25, -0.2) is 0 Å². The summed E-state index contributed by atoms with van der Waals surface area (Å²) in [5.41, 5.74) is 6.30. The van der Waals surface area contributed by atoms with Crippen LogP contribution in [-0.4, -0.2) is 17.6 Å². The molecule has 0 saturated carbocycles. The molecule has 2 aromatic rings. The zero-order valence-electron chi connectivity index (χ0n) is 12.3. The molecule has 0 aliphatic rings. The number of benzene rings is 1. The van der Waals surface area contributed by atoms with E-state index in [4.69, 9.17) is 0 Å². The summed E-state index contributed by atoms with van der Waals surface area (Å²) in [4.78, 5) is 35.9. The third-order valence-electron chi connectivity index (χ3n) is 3.09. The topological polar surface area (TPSA) is 75.3 Å². The molecule has 2 N–H and O–H groups in total. The minimum absolute atomic E-state index is 0.0934. The van der Waals surface area contributed by atoms with Crippen molar-refractivity contribution in [2.45, 2.75) is 20.3 Å². The van der Waals surface area contributed by atoms with Gasteiger partial charge in [0.1, 0.15) is 0 Å². The molecule has 0 atom stereocenters. The third kappa shape index (κ3) is 3.79. The summed E-state index contributed by atoms with van der Waals surface area (Å²) in [6.45, 7) is 3.47. The van der Waals surface area contributed by atoms with Gasteiger partial charge in [-0.2, -0.15) is 0 Å². The zero-order valence-corrected chi connectivity index (χ0v) is 13.1. The highest BCUT2D eigenvalue weighted by molar-refractivity contribution is 7.15. The second kappa shape index (κ2) is 7.00. The van der Waals surface area contributed by atoms with Crippen molar-refractivity contribution < 1.29 is 14.4 Å². The minimum atomic E-state index is -0.448. The van der Waals surface area contributed by atoms with Crippen molar-refractivity contribution in [1.29, 1.82) is 0 Å². The van der Waals surface area contributed by atoms with Crippen molar-refractivity contribution in [3.63, 3.8) is 0 Å². The van der Waals surface area contributed by atoms with E-state index in [1.54, 1.807) is 24.3 Å². The molecule has 1 aromatic heterocycles. The number of amides is 2. The number of carbonyl (C=O) groups excluding carboxylic acids is 3. The van der Waals surface area contributed by atoms with Crippen LogP contribution in [0.15, 0.2) is 36.4 Å². The van der Waals surface area contributed by atoms with Crippen molar-refractivity contribution in [2.75, 3.05) is 0 Å². The van der Waals surface area contributed by atoms with E-state index in [2.05, 4.69) is 10.9 Å². The van der Waals surface area contributed by atoms with E-state index in [1.807, 2.05) is 19.1 Å². The predicted octanol–water partition coefficient (Wildman–Crippen LogP) is 2.59. The van der Waals surface area contributed by atoms with Gasteiger partial charge in [0.15, 0.2) is 5.78 Å². The van der Waals surface area contributed by atoms with Crippen LogP contribution in [0.4, 0.5) is 0 Å². The van der Waals surface area contributed by atoms with Crippen molar-refractivity contribution in [1.82, 2.24) is 10.9 Å². The van der Waals surface area contributed by atoms with Crippen LogP contribution in [0, 0.1) is 0 Å². The fourth-order valence-electron chi connectivity index (χ4n) is 1.79. The highest BCUT2D eigenvalue weighted by Crippen LogP contribution is 2.16. The van der Waals surface area contributed by atoms with E-state index in [0.717, 1.165) is 23.3 Å². The Morgan fingerprint density at radius 3 is 2.05 bits per heavy atom. The first-order valence-electron chi connectivity index (χ1n) is 6.81. The molecule has 0 fully saturated rings. The average Bonchev–Trinajstić information content (AvgIpc) is 3.02. The Morgan fingerprint density at radius 1 is 0.909 bits per heavy atom. The first-order chi connectivity index (χ1) is 10.5. The summed E-state index contributed by atoms with van der Waals surface area (Å²) in [5.74, 6) is -0.931. The second-order valence-electron chi connectivity index (χ2n) is 4.68. The monoisotopic (exact) mass is 316 g/mol. The van der Waals surface area contributed by atoms with Gasteiger partial charge in [-0.15, -0.1) is 11.3 Å². The standard InChI is InChI=1S/C16H16N2O3S/c1-3-11-4-6-12(7-5-11)15(20)17-18-16(21)14-9-8-13(22-14)10(2)19/h4-9H,3H2,1-2H3,(H,17,20)(H,18,21). The number of ketones is 1.